The summed E-state index contributed by atoms with van der Waals surface area (Å²) in [4.78, 5) is 12.8. The van der Waals surface area contributed by atoms with Crippen LogP contribution in [0.4, 0.5) is 5.82 Å². The first-order valence-electron chi connectivity index (χ1n) is 9.92. The Morgan fingerprint density at radius 2 is 2.00 bits per heavy atom. The summed E-state index contributed by atoms with van der Waals surface area (Å²) >= 11 is 0. The molecule has 8 heteroatoms. The van der Waals surface area contributed by atoms with Gasteiger partial charge in [0, 0.05) is 0 Å². The number of hydrogen-bond donors (Lipinski definition) is 1. The molecule has 0 bridgehead atoms. The van der Waals surface area contributed by atoms with E-state index in [1.54, 1.807) is 6.33 Å². The monoisotopic (exact) mass is 389 g/mol. The maximum atomic E-state index is 6.82. The van der Waals surface area contributed by atoms with Crippen molar-refractivity contribution in [3.63, 3.8) is 0 Å². The summed E-state index contributed by atoms with van der Waals surface area (Å²) in [6, 6.07) is 0. The zero-order valence-corrected chi connectivity index (χ0v) is 18.0. The van der Waals surface area contributed by atoms with Crippen molar-refractivity contribution in [2.24, 2.45) is 0 Å². The topological polar surface area (TPSA) is 88.1 Å². The number of imidazole rings is 1. The van der Waals surface area contributed by atoms with Crippen LogP contribution in [0.1, 0.15) is 59.1 Å². The zero-order chi connectivity index (χ0) is 19.4. The molecule has 0 amide bonds. The van der Waals surface area contributed by atoms with Crippen molar-refractivity contribution in [1.29, 1.82) is 0 Å². The van der Waals surface area contributed by atoms with Gasteiger partial charge in [0.1, 0.15) is 18.1 Å². The SMILES string of the molecule is CC(C)(C)[Si](C)(C)O[C@H]1CCC[C@]12CC[C@H](n1cnc3c(N)ncnc31)O2. The van der Waals surface area contributed by atoms with Gasteiger partial charge in [0.15, 0.2) is 19.8 Å². The molecule has 148 valence electrons. The van der Waals surface area contributed by atoms with Gasteiger partial charge in [-0.3, -0.25) is 4.57 Å². The molecule has 27 heavy (non-hydrogen) atoms. The molecule has 2 N–H and O–H groups in total. The molecule has 0 unspecified atom stereocenters. The minimum atomic E-state index is -1.84. The highest BCUT2D eigenvalue weighted by Crippen LogP contribution is 2.50. The number of fused-ring (bicyclic) bond motifs is 1. The van der Waals surface area contributed by atoms with Crippen LogP contribution in [0.15, 0.2) is 12.7 Å². The number of hydrogen-bond acceptors (Lipinski definition) is 6. The second-order valence-corrected chi connectivity index (χ2v) is 14.3. The van der Waals surface area contributed by atoms with E-state index in [4.69, 9.17) is 14.9 Å². The molecule has 3 heterocycles. The minimum absolute atomic E-state index is 0.0760. The Kier molecular flexibility index (Phi) is 4.36. The van der Waals surface area contributed by atoms with Gasteiger partial charge in [0.2, 0.25) is 0 Å². The molecule has 0 aromatic carbocycles. The zero-order valence-electron chi connectivity index (χ0n) is 17.0. The van der Waals surface area contributed by atoms with Crippen LogP contribution < -0.4 is 5.73 Å². The summed E-state index contributed by atoms with van der Waals surface area (Å²) < 4.78 is 15.5. The lowest BCUT2D eigenvalue weighted by atomic mass is 9.96. The van der Waals surface area contributed by atoms with Crippen LogP contribution in [0.5, 0.6) is 0 Å². The molecule has 1 saturated carbocycles. The molecule has 4 rings (SSSR count). The summed E-state index contributed by atoms with van der Waals surface area (Å²) in [5, 5.41) is 0.198. The number of rotatable bonds is 3. The van der Waals surface area contributed by atoms with Crippen molar-refractivity contribution in [2.45, 2.75) is 88.9 Å². The molecule has 0 radical (unpaired) electrons. The van der Waals surface area contributed by atoms with Crippen LogP contribution >= 0.6 is 0 Å². The highest BCUT2D eigenvalue weighted by molar-refractivity contribution is 6.74. The Morgan fingerprint density at radius 3 is 2.74 bits per heavy atom. The molecule has 1 spiro atoms. The van der Waals surface area contributed by atoms with Gasteiger partial charge < -0.3 is 14.9 Å². The van der Waals surface area contributed by atoms with Crippen molar-refractivity contribution >= 4 is 25.3 Å². The van der Waals surface area contributed by atoms with Gasteiger partial charge in [-0.25, -0.2) is 15.0 Å². The van der Waals surface area contributed by atoms with E-state index in [2.05, 4.69) is 48.8 Å². The highest BCUT2D eigenvalue weighted by Gasteiger charge is 2.53. The van der Waals surface area contributed by atoms with E-state index in [0.717, 1.165) is 37.8 Å². The Hall–Kier alpha value is -1.51. The third kappa shape index (κ3) is 3.07. The lowest BCUT2D eigenvalue weighted by Crippen LogP contribution is -2.50. The van der Waals surface area contributed by atoms with E-state index in [0.29, 0.717) is 11.3 Å². The first-order valence-corrected chi connectivity index (χ1v) is 12.8. The Balaban J connectivity index is 1.58. The second kappa shape index (κ2) is 6.25. The van der Waals surface area contributed by atoms with E-state index >= 15 is 0 Å². The Morgan fingerprint density at radius 1 is 1.22 bits per heavy atom. The van der Waals surface area contributed by atoms with Gasteiger partial charge in [0.05, 0.1) is 18.0 Å². The van der Waals surface area contributed by atoms with Crippen molar-refractivity contribution in [3.8, 4) is 0 Å². The smallest absolute Gasteiger partial charge is 0.192 e. The van der Waals surface area contributed by atoms with Crippen LogP contribution in [0.25, 0.3) is 11.2 Å². The molecule has 2 aromatic rings. The van der Waals surface area contributed by atoms with Crippen molar-refractivity contribution in [3.05, 3.63) is 12.7 Å². The van der Waals surface area contributed by atoms with E-state index in [1.807, 2.05) is 4.57 Å². The summed E-state index contributed by atoms with van der Waals surface area (Å²) in [6.45, 7) is 11.5. The maximum Gasteiger partial charge on any atom is 0.192 e. The third-order valence-corrected chi connectivity index (χ3v) is 11.3. The fourth-order valence-electron chi connectivity index (χ4n) is 4.16. The molecule has 1 aliphatic heterocycles. The van der Waals surface area contributed by atoms with Gasteiger partial charge in [-0.15, -0.1) is 0 Å². The molecule has 7 nitrogen and oxygen atoms in total. The summed E-state index contributed by atoms with van der Waals surface area (Å²) in [7, 11) is -1.84. The largest absolute Gasteiger partial charge is 0.411 e. The highest BCUT2D eigenvalue weighted by atomic mass is 28.4. The average molecular weight is 390 g/mol. The summed E-state index contributed by atoms with van der Waals surface area (Å²) in [6.07, 6.45) is 8.62. The number of ether oxygens (including phenoxy) is 1. The first-order chi connectivity index (χ1) is 12.6. The van der Waals surface area contributed by atoms with Crippen molar-refractivity contribution in [2.75, 3.05) is 5.73 Å². The molecule has 2 fully saturated rings. The molecular weight excluding hydrogens is 358 g/mol. The lowest BCUT2D eigenvalue weighted by molar-refractivity contribution is -0.115. The quantitative estimate of drug-likeness (QED) is 0.797. The van der Waals surface area contributed by atoms with Crippen molar-refractivity contribution in [1.82, 2.24) is 19.5 Å². The van der Waals surface area contributed by atoms with E-state index in [1.165, 1.54) is 6.33 Å². The number of nitrogens with zero attached hydrogens (tertiary/aromatic N) is 4. The van der Waals surface area contributed by atoms with Crippen LogP contribution in [-0.4, -0.2) is 39.5 Å². The third-order valence-electron chi connectivity index (χ3n) is 6.78. The van der Waals surface area contributed by atoms with E-state index < -0.39 is 8.32 Å². The molecule has 2 aliphatic rings. The normalized spacial score (nSPS) is 29.2. The van der Waals surface area contributed by atoms with Crippen LogP contribution in [-0.2, 0) is 9.16 Å². The maximum absolute atomic E-state index is 6.82. The van der Waals surface area contributed by atoms with Gasteiger partial charge in [-0.2, -0.15) is 0 Å². The van der Waals surface area contributed by atoms with E-state index in [-0.39, 0.29) is 23.0 Å². The molecule has 3 atom stereocenters. The molecule has 1 saturated heterocycles. The summed E-state index contributed by atoms with van der Waals surface area (Å²) in [5.41, 5.74) is 7.13. The summed E-state index contributed by atoms with van der Waals surface area (Å²) in [5.74, 6) is 0.409. The second-order valence-electron chi connectivity index (χ2n) is 9.52. The fourth-order valence-corrected chi connectivity index (χ4v) is 5.56. The minimum Gasteiger partial charge on any atom is -0.411 e. The number of nitrogen functional groups attached to an aromatic ring is 1. The van der Waals surface area contributed by atoms with Gasteiger partial charge in [-0.05, 0) is 50.2 Å². The fraction of sp³-hybridized carbons (Fsp3) is 0.737. The van der Waals surface area contributed by atoms with E-state index in [9.17, 15) is 0 Å². The van der Waals surface area contributed by atoms with Gasteiger partial charge >= 0.3 is 0 Å². The number of anilines is 1. The van der Waals surface area contributed by atoms with Crippen LogP contribution in [0.2, 0.25) is 18.1 Å². The molecule has 2 aromatic heterocycles. The lowest BCUT2D eigenvalue weighted by Gasteiger charge is -2.42. The average Bonchev–Trinajstić information content (AvgIpc) is 3.27. The van der Waals surface area contributed by atoms with Gasteiger partial charge in [-0.1, -0.05) is 20.8 Å². The number of aromatic nitrogens is 4. The van der Waals surface area contributed by atoms with Crippen LogP contribution in [0.3, 0.4) is 0 Å². The molecular formula is C19H31N5O2Si. The number of nitrogens with two attached hydrogens (primary N) is 1. The van der Waals surface area contributed by atoms with Crippen LogP contribution in [0, 0.1) is 0 Å². The van der Waals surface area contributed by atoms with Gasteiger partial charge in [0.25, 0.3) is 0 Å². The first kappa shape index (κ1) is 18.8. The predicted molar refractivity (Wildman–Crippen MR) is 108 cm³/mol. The van der Waals surface area contributed by atoms with Crippen molar-refractivity contribution < 1.29 is 9.16 Å². The Bertz CT molecular complexity index is 846. The predicted octanol–water partition coefficient (Wildman–Crippen LogP) is 4.03. The Labute approximate surface area is 161 Å². The molecule has 1 aliphatic carbocycles. The standard InChI is InChI=1S/C19H31N5O2Si/c1-18(2,3)27(4,5)26-13-7-6-9-19(13)10-8-14(25-19)24-12-23-15-16(20)21-11-22-17(15)24/h11-14H,6-10H2,1-5H3,(H2,20,21,22)/t13-,14+,19-/m0/s1.